The summed E-state index contributed by atoms with van der Waals surface area (Å²) >= 11 is 0. The highest BCUT2D eigenvalue weighted by Crippen LogP contribution is 2.15. The van der Waals surface area contributed by atoms with Crippen molar-refractivity contribution in [3.05, 3.63) is 0 Å². The second kappa shape index (κ2) is 5.04. The van der Waals surface area contributed by atoms with E-state index in [1.807, 2.05) is 25.7 Å². The molecule has 0 N–H and O–H groups in total. The largest absolute Gasteiger partial charge is 0.444 e. The molecule has 0 saturated carbocycles. The highest BCUT2D eigenvalue weighted by molar-refractivity contribution is 5.68. The van der Waals surface area contributed by atoms with Crippen LogP contribution in [0.2, 0.25) is 0 Å². The van der Waals surface area contributed by atoms with E-state index in [1.165, 1.54) is 0 Å². The van der Waals surface area contributed by atoms with Gasteiger partial charge < -0.3 is 9.64 Å². The van der Waals surface area contributed by atoms with Crippen molar-refractivity contribution in [1.29, 1.82) is 0 Å². The van der Waals surface area contributed by atoms with Gasteiger partial charge in [0.05, 0.1) is 0 Å². The molecule has 16 heavy (non-hydrogen) atoms. The van der Waals surface area contributed by atoms with E-state index in [0.717, 1.165) is 26.2 Å². The Morgan fingerprint density at radius 2 is 2.00 bits per heavy atom. The molecule has 0 bridgehead atoms. The molecule has 1 rings (SSSR count). The SMILES string of the molecule is CCN1CCN(C(=O)OC(C)(C)C)[C@H](C)C1. The molecule has 94 valence electrons. The van der Waals surface area contributed by atoms with Crippen LogP contribution in [-0.2, 0) is 4.74 Å². The monoisotopic (exact) mass is 228 g/mol. The Morgan fingerprint density at radius 3 is 2.44 bits per heavy atom. The number of hydrogen-bond donors (Lipinski definition) is 0. The minimum atomic E-state index is -0.404. The molecule has 1 saturated heterocycles. The molecule has 4 nitrogen and oxygen atoms in total. The summed E-state index contributed by atoms with van der Waals surface area (Å²) < 4.78 is 5.38. The average Bonchev–Trinajstić information content (AvgIpc) is 2.14. The van der Waals surface area contributed by atoms with Gasteiger partial charge in [-0.2, -0.15) is 0 Å². The summed E-state index contributed by atoms with van der Waals surface area (Å²) in [4.78, 5) is 16.1. The maximum Gasteiger partial charge on any atom is 0.410 e. The second-order valence-corrected chi connectivity index (χ2v) is 5.42. The third-order valence-corrected chi connectivity index (χ3v) is 2.79. The van der Waals surface area contributed by atoms with Gasteiger partial charge in [0.2, 0.25) is 0 Å². The molecule has 0 unspecified atom stereocenters. The first-order valence-corrected chi connectivity index (χ1v) is 6.05. The third-order valence-electron chi connectivity index (χ3n) is 2.79. The van der Waals surface area contributed by atoms with Crippen molar-refractivity contribution < 1.29 is 9.53 Å². The molecule has 1 heterocycles. The smallest absolute Gasteiger partial charge is 0.410 e. The van der Waals surface area contributed by atoms with E-state index in [-0.39, 0.29) is 12.1 Å². The van der Waals surface area contributed by atoms with Crippen LogP contribution >= 0.6 is 0 Å². The van der Waals surface area contributed by atoms with Gasteiger partial charge in [-0.05, 0) is 34.2 Å². The molecular formula is C12H24N2O2. The Hall–Kier alpha value is -0.770. The van der Waals surface area contributed by atoms with E-state index in [9.17, 15) is 4.79 Å². The maximum absolute atomic E-state index is 11.9. The summed E-state index contributed by atoms with van der Waals surface area (Å²) in [6.45, 7) is 13.6. The van der Waals surface area contributed by atoms with Gasteiger partial charge in [0.1, 0.15) is 5.60 Å². The van der Waals surface area contributed by atoms with Crippen LogP contribution in [0.1, 0.15) is 34.6 Å². The number of ether oxygens (including phenoxy) is 1. The number of likely N-dealkylation sites (N-methyl/N-ethyl adjacent to an activating group) is 1. The highest BCUT2D eigenvalue weighted by Gasteiger charge is 2.29. The fourth-order valence-electron chi connectivity index (χ4n) is 1.91. The van der Waals surface area contributed by atoms with Crippen molar-refractivity contribution in [3.63, 3.8) is 0 Å². The number of amides is 1. The summed E-state index contributed by atoms with van der Waals surface area (Å²) in [5.41, 5.74) is -0.404. The van der Waals surface area contributed by atoms with E-state index in [0.29, 0.717) is 0 Å². The molecule has 4 heteroatoms. The normalized spacial score (nSPS) is 23.3. The van der Waals surface area contributed by atoms with E-state index in [2.05, 4.69) is 18.7 Å². The van der Waals surface area contributed by atoms with Crippen molar-refractivity contribution in [2.75, 3.05) is 26.2 Å². The second-order valence-electron chi connectivity index (χ2n) is 5.42. The number of piperazine rings is 1. The quantitative estimate of drug-likeness (QED) is 0.687. The van der Waals surface area contributed by atoms with Gasteiger partial charge in [-0.3, -0.25) is 4.90 Å². The number of carbonyl (C=O) groups is 1. The Morgan fingerprint density at radius 1 is 1.38 bits per heavy atom. The Balaban J connectivity index is 2.52. The summed E-state index contributed by atoms with van der Waals surface area (Å²) in [5, 5.41) is 0. The van der Waals surface area contributed by atoms with Crippen molar-refractivity contribution in [3.8, 4) is 0 Å². The minimum absolute atomic E-state index is 0.184. The summed E-state index contributed by atoms with van der Waals surface area (Å²) in [6.07, 6.45) is -0.184. The number of hydrogen-bond acceptors (Lipinski definition) is 3. The van der Waals surface area contributed by atoms with Crippen molar-refractivity contribution in [2.45, 2.75) is 46.3 Å². The predicted molar refractivity (Wildman–Crippen MR) is 64.5 cm³/mol. The van der Waals surface area contributed by atoms with Crippen LogP contribution in [0.25, 0.3) is 0 Å². The first-order valence-electron chi connectivity index (χ1n) is 6.05. The molecule has 0 aliphatic carbocycles. The fraction of sp³-hybridized carbons (Fsp3) is 0.917. The van der Waals surface area contributed by atoms with Gasteiger partial charge in [0.25, 0.3) is 0 Å². The number of rotatable bonds is 1. The molecule has 1 fully saturated rings. The lowest BCUT2D eigenvalue weighted by molar-refractivity contribution is 0.00209. The first kappa shape index (κ1) is 13.3. The van der Waals surface area contributed by atoms with Gasteiger partial charge in [-0.1, -0.05) is 6.92 Å². The Bertz CT molecular complexity index is 248. The number of carbonyl (C=O) groups excluding carboxylic acids is 1. The van der Waals surface area contributed by atoms with Crippen LogP contribution in [0, 0.1) is 0 Å². The van der Waals surface area contributed by atoms with Gasteiger partial charge in [0, 0.05) is 25.7 Å². The Labute approximate surface area is 98.5 Å². The third kappa shape index (κ3) is 3.67. The van der Waals surface area contributed by atoms with Crippen LogP contribution in [0.15, 0.2) is 0 Å². The van der Waals surface area contributed by atoms with E-state index in [1.54, 1.807) is 0 Å². The van der Waals surface area contributed by atoms with Crippen molar-refractivity contribution in [1.82, 2.24) is 9.80 Å². The summed E-state index contributed by atoms with van der Waals surface area (Å²) in [6, 6.07) is 0.239. The molecule has 1 aliphatic rings. The van der Waals surface area contributed by atoms with Gasteiger partial charge in [-0.15, -0.1) is 0 Å². The molecule has 0 aromatic rings. The van der Waals surface area contributed by atoms with E-state index >= 15 is 0 Å². The van der Waals surface area contributed by atoms with Crippen LogP contribution in [0.5, 0.6) is 0 Å². The average molecular weight is 228 g/mol. The topological polar surface area (TPSA) is 32.8 Å². The van der Waals surface area contributed by atoms with Gasteiger partial charge in [-0.25, -0.2) is 4.79 Å². The van der Waals surface area contributed by atoms with E-state index in [4.69, 9.17) is 4.74 Å². The lowest BCUT2D eigenvalue weighted by Crippen LogP contribution is -2.54. The predicted octanol–water partition coefficient (Wildman–Crippen LogP) is 1.95. The fourth-order valence-corrected chi connectivity index (χ4v) is 1.91. The van der Waals surface area contributed by atoms with Crippen LogP contribution in [-0.4, -0.2) is 53.7 Å². The standard InChI is InChI=1S/C12H24N2O2/c1-6-13-7-8-14(10(2)9-13)11(15)16-12(3,4)5/h10H,6-9H2,1-5H3/t10-/m1/s1. The van der Waals surface area contributed by atoms with Crippen LogP contribution in [0.3, 0.4) is 0 Å². The minimum Gasteiger partial charge on any atom is -0.444 e. The molecule has 1 atom stereocenters. The lowest BCUT2D eigenvalue weighted by Gasteiger charge is -2.39. The van der Waals surface area contributed by atoms with Crippen LogP contribution in [0.4, 0.5) is 4.79 Å². The van der Waals surface area contributed by atoms with Crippen molar-refractivity contribution in [2.24, 2.45) is 0 Å². The Kier molecular flexibility index (Phi) is 4.19. The molecule has 1 aliphatic heterocycles. The molecule has 1 amide bonds. The molecular weight excluding hydrogens is 204 g/mol. The number of nitrogens with zero attached hydrogens (tertiary/aromatic N) is 2. The molecule has 0 radical (unpaired) electrons. The summed E-state index contributed by atoms with van der Waals surface area (Å²) in [7, 11) is 0. The molecule has 0 spiro atoms. The maximum atomic E-state index is 11.9. The summed E-state index contributed by atoms with van der Waals surface area (Å²) in [5.74, 6) is 0. The molecule has 0 aromatic heterocycles. The first-order chi connectivity index (χ1) is 7.33. The zero-order valence-corrected chi connectivity index (χ0v) is 11.1. The molecule has 0 aromatic carbocycles. The van der Waals surface area contributed by atoms with Gasteiger partial charge in [0.15, 0.2) is 0 Å². The van der Waals surface area contributed by atoms with Gasteiger partial charge >= 0.3 is 6.09 Å². The lowest BCUT2D eigenvalue weighted by atomic mass is 10.2. The van der Waals surface area contributed by atoms with Crippen LogP contribution < -0.4 is 0 Å². The zero-order valence-electron chi connectivity index (χ0n) is 11.1. The van der Waals surface area contributed by atoms with E-state index < -0.39 is 5.60 Å². The van der Waals surface area contributed by atoms with Crippen molar-refractivity contribution >= 4 is 6.09 Å². The highest BCUT2D eigenvalue weighted by atomic mass is 16.6. The zero-order chi connectivity index (χ0) is 12.3.